The molecule has 1 fully saturated rings. The molecule has 0 spiro atoms. The van der Waals surface area contributed by atoms with Crippen LogP contribution in [0.25, 0.3) is 0 Å². The SMILES string of the molecule is C[C@@H](NCC(=O)NC1CC1)C(=O)O. The minimum Gasteiger partial charge on any atom is -0.480 e. The summed E-state index contributed by atoms with van der Waals surface area (Å²) in [5.41, 5.74) is 0. The Morgan fingerprint density at radius 2 is 2.15 bits per heavy atom. The normalized spacial score (nSPS) is 17.9. The number of amides is 1. The number of carboxylic acid groups (broad SMARTS) is 1. The van der Waals surface area contributed by atoms with E-state index in [0.717, 1.165) is 12.8 Å². The van der Waals surface area contributed by atoms with E-state index in [9.17, 15) is 9.59 Å². The van der Waals surface area contributed by atoms with Crippen LogP contribution in [0.1, 0.15) is 19.8 Å². The van der Waals surface area contributed by atoms with Crippen molar-refractivity contribution in [2.45, 2.75) is 31.8 Å². The van der Waals surface area contributed by atoms with Gasteiger partial charge in [-0.05, 0) is 19.8 Å². The fourth-order valence-corrected chi connectivity index (χ4v) is 0.839. The van der Waals surface area contributed by atoms with Gasteiger partial charge in [-0.1, -0.05) is 0 Å². The van der Waals surface area contributed by atoms with Crippen LogP contribution in [-0.2, 0) is 9.59 Å². The van der Waals surface area contributed by atoms with E-state index in [0.29, 0.717) is 6.04 Å². The van der Waals surface area contributed by atoms with Crippen molar-refractivity contribution in [3.63, 3.8) is 0 Å². The van der Waals surface area contributed by atoms with Crippen molar-refractivity contribution in [1.29, 1.82) is 0 Å². The van der Waals surface area contributed by atoms with Crippen LogP contribution in [0, 0.1) is 0 Å². The molecule has 0 bridgehead atoms. The van der Waals surface area contributed by atoms with Crippen molar-refractivity contribution in [3.8, 4) is 0 Å². The van der Waals surface area contributed by atoms with Gasteiger partial charge in [-0.15, -0.1) is 0 Å². The quantitative estimate of drug-likeness (QED) is 0.532. The number of carbonyl (C=O) groups is 2. The minimum absolute atomic E-state index is 0.0734. The first-order chi connectivity index (χ1) is 6.09. The Hall–Kier alpha value is -1.10. The van der Waals surface area contributed by atoms with Gasteiger partial charge in [0.15, 0.2) is 0 Å². The zero-order chi connectivity index (χ0) is 9.84. The second-order valence-electron chi connectivity index (χ2n) is 3.28. The third-order valence-corrected chi connectivity index (χ3v) is 1.88. The van der Waals surface area contributed by atoms with Gasteiger partial charge in [-0.25, -0.2) is 0 Å². The molecule has 0 aliphatic heterocycles. The third kappa shape index (κ3) is 3.89. The van der Waals surface area contributed by atoms with Crippen LogP contribution in [0.5, 0.6) is 0 Å². The fraction of sp³-hybridized carbons (Fsp3) is 0.750. The smallest absolute Gasteiger partial charge is 0.320 e. The molecular formula is C8H14N2O3. The number of rotatable bonds is 5. The van der Waals surface area contributed by atoms with E-state index in [4.69, 9.17) is 5.11 Å². The van der Waals surface area contributed by atoms with Crippen molar-refractivity contribution < 1.29 is 14.7 Å². The van der Waals surface area contributed by atoms with E-state index in [1.807, 2.05) is 0 Å². The van der Waals surface area contributed by atoms with E-state index in [1.165, 1.54) is 6.92 Å². The predicted octanol–water partition coefficient (Wildman–Crippen LogP) is -0.672. The highest BCUT2D eigenvalue weighted by molar-refractivity contribution is 5.80. The molecule has 1 rings (SSSR count). The first-order valence-corrected chi connectivity index (χ1v) is 4.35. The van der Waals surface area contributed by atoms with Crippen molar-refractivity contribution in [2.75, 3.05) is 6.54 Å². The lowest BCUT2D eigenvalue weighted by Crippen LogP contribution is -2.41. The Kier molecular flexibility index (Phi) is 3.25. The van der Waals surface area contributed by atoms with Crippen molar-refractivity contribution in [1.82, 2.24) is 10.6 Å². The van der Waals surface area contributed by atoms with Gasteiger partial charge in [0.2, 0.25) is 5.91 Å². The predicted molar refractivity (Wildman–Crippen MR) is 46.3 cm³/mol. The van der Waals surface area contributed by atoms with Crippen LogP contribution < -0.4 is 10.6 Å². The molecule has 0 aromatic rings. The van der Waals surface area contributed by atoms with Gasteiger partial charge in [0.1, 0.15) is 6.04 Å². The lowest BCUT2D eigenvalue weighted by Gasteiger charge is -2.08. The Morgan fingerprint density at radius 3 is 2.62 bits per heavy atom. The molecule has 74 valence electrons. The summed E-state index contributed by atoms with van der Waals surface area (Å²) < 4.78 is 0. The minimum atomic E-state index is -0.945. The molecular weight excluding hydrogens is 172 g/mol. The molecule has 0 unspecified atom stereocenters. The fourth-order valence-electron chi connectivity index (χ4n) is 0.839. The summed E-state index contributed by atoms with van der Waals surface area (Å²) in [5.74, 6) is -1.07. The largest absolute Gasteiger partial charge is 0.480 e. The maximum Gasteiger partial charge on any atom is 0.320 e. The summed E-state index contributed by atoms with van der Waals surface area (Å²) in [6, 6.07) is -0.348. The van der Waals surface area contributed by atoms with E-state index < -0.39 is 12.0 Å². The number of hydrogen-bond donors (Lipinski definition) is 3. The summed E-state index contributed by atoms with van der Waals surface area (Å²) in [7, 11) is 0. The van der Waals surface area contributed by atoms with Crippen LogP contribution in [0.4, 0.5) is 0 Å². The monoisotopic (exact) mass is 186 g/mol. The molecule has 5 nitrogen and oxygen atoms in total. The Balaban J connectivity index is 2.09. The van der Waals surface area contributed by atoms with E-state index >= 15 is 0 Å². The summed E-state index contributed by atoms with van der Waals surface area (Å²) in [4.78, 5) is 21.4. The van der Waals surface area contributed by atoms with Gasteiger partial charge >= 0.3 is 5.97 Å². The Bertz CT molecular complexity index is 213. The van der Waals surface area contributed by atoms with Gasteiger partial charge in [0.25, 0.3) is 0 Å². The number of hydrogen-bond acceptors (Lipinski definition) is 3. The standard InChI is InChI=1S/C8H14N2O3/c1-5(8(12)13)9-4-7(11)10-6-2-3-6/h5-6,9H,2-4H2,1H3,(H,10,11)(H,12,13)/t5-/m1/s1. The van der Waals surface area contributed by atoms with E-state index in [2.05, 4.69) is 10.6 Å². The maximum absolute atomic E-state index is 11.1. The highest BCUT2D eigenvalue weighted by atomic mass is 16.4. The first-order valence-electron chi connectivity index (χ1n) is 4.35. The average Bonchev–Trinajstić information content (AvgIpc) is 2.83. The summed E-state index contributed by atoms with van der Waals surface area (Å²) >= 11 is 0. The number of carbonyl (C=O) groups excluding carboxylic acids is 1. The lowest BCUT2D eigenvalue weighted by atomic mass is 10.3. The Labute approximate surface area is 76.5 Å². The van der Waals surface area contributed by atoms with Crippen LogP contribution in [0.3, 0.4) is 0 Å². The molecule has 0 aromatic heterocycles. The number of carboxylic acids is 1. The molecule has 3 N–H and O–H groups in total. The zero-order valence-electron chi connectivity index (χ0n) is 7.54. The van der Waals surface area contributed by atoms with E-state index in [-0.39, 0.29) is 12.5 Å². The molecule has 13 heavy (non-hydrogen) atoms. The summed E-state index contributed by atoms with van der Waals surface area (Å²) in [5, 5.41) is 13.9. The highest BCUT2D eigenvalue weighted by Crippen LogP contribution is 2.18. The molecule has 1 amide bonds. The van der Waals surface area contributed by atoms with Gasteiger partial charge < -0.3 is 10.4 Å². The van der Waals surface area contributed by atoms with Crippen LogP contribution in [0.15, 0.2) is 0 Å². The Morgan fingerprint density at radius 1 is 1.54 bits per heavy atom. The van der Waals surface area contributed by atoms with Gasteiger partial charge in [0, 0.05) is 6.04 Å². The van der Waals surface area contributed by atoms with Gasteiger partial charge in [-0.3, -0.25) is 14.9 Å². The summed E-state index contributed by atoms with van der Waals surface area (Å²) in [6.45, 7) is 1.58. The molecule has 0 saturated heterocycles. The molecule has 1 aliphatic rings. The highest BCUT2D eigenvalue weighted by Gasteiger charge is 2.23. The van der Waals surface area contributed by atoms with E-state index in [1.54, 1.807) is 0 Å². The van der Waals surface area contributed by atoms with Crippen LogP contribution in [-0.4, -0.2) is 35.6 Å². The molecule has 0 aromatic carbocycles. The topological polar surface area (TPSA) is 78.4 Å². The van der Waals surface area contributed by atoms with Crippen LogP contribution >= 0.6 is 0 Å². The molecule has 0 radical (unpaired) electrons. The number of nitrogens with one attached hydrogen (secondary N) is 2. The first kappa shape index (κ1) is 9.98. The molecule has 1 atom stereocenters. The summed E-state index contributed by atoms with van der Waals surface area (Å²) in [6.07, 6.45) is 2.08. The average molecular weight is 186 g/mol. The maximum atomic E-state index is 11.1. The second-order valence-corrected chi connectivity index (χ2v) is 3.28. The molecule has 0 heterocycles. The van der Waals surface area contributed by atoms with Crippen molar-refractivity contribution in [2.24, 2.45) is 0 Å². The number of aliphatic carboxylic acids is 1. The van der Waals surface area contributed by atoms with Crippen molar-refractivity contribution >= 4 is 11.9 Å². The molecule has 1 saturated carbocycles. The second kappa shape index (κ2) is 4.23. The van der Waals surface area contributed by atoms with Crippen molar-refractivity contribution in [3.05, 3.63) is 0 Å². The van der Waals surface area contributed by atoms with Crippen LogP contribution in [0.2, 0.25) is 0 Å². The zero-order valence-corrected chi connectivity index (χ0v) is 7.54. The van der Waals surface area contributed by atoms with Gasteiger partial charge in [0.05, 0.1) is 6.54 Å². The van der Waals surface area contributed by atoms with Gasteiger partial charge in [-0.2, -0.15) is 0 Å². The lowest BCUT2D eigenvalue weighted by molar-refractivity contribution is -0.139. The molecule has 5 heteroatoms. The third-order valence-electron chi connectivity index (χ3n) is 1.88. The molecule has 1 aliphatic carbocycles.